The highest BCUT2D eigenvalue weighted by atomic mass is 32.2. The molecule has 1 unspecified atom stereocenters. The lowest BCUT2D eigenvalue weighted by Gasteiger charge is -2.50. The summed E-state index contributed by atoms with van der Waals surface area (Å²) in [7, 11) is 1.25. The van der Waals surface area contributed by atoms with Crippen molar-refractivity contribution in [3.05, 3.63) is 22.3 Å². The number of nitrogen functional groups attached to an aromatic ring is 1. The van der Waals surface area contributed by atoms with Crippen LogP contribution in [0.1, 0.15) is 12.6 Å². The van der Waals surface area contributed by atoms with Crippen molar-refractivity contribution in [1.82, 2.24) is 15.2 Å². The Hall–Kier alpha value is -3.13. The van der Waals surface area contributed by atoms with Crippen molar-refractivity contribution in [2.75, 3.05) is 25.2 Å². The van der Waals surface area contributed by atoms with Gasteiger partial charge in [-0.15, -0.1) is 23.1 Å². The first-order valence-electron chi connectivity index (χ1n) is 8.39. The van der Waals surface area contributed by atoms with Crippen molar-refractivity contribution in [3.63, 3.8) is 0 Å². The van der Waals surface area contributed by atoms with Crippen LogP contribution in [0.2, 0.25) is 0 Å². The highest BCUT2D eigenvalue weighted by molar-refractivity contribution is 8.00. The molecule has 1 aromatic rings. The SMILES string of the molecule is CON=C(C(=O)N[C@H]1C(=O)N2C(C(=O)[O-])=C(COC(C)=O)CSC12)c1csc(N)n1. The van der Waals surface area contributed by atoms with Crippen molar-refractivity contribution in [3.8, 4) is 0 Å². The van der Waals surface area contributed by atoms with Crippen LogP contribution in [-0.4, -0.2) is 70.2 Å². The van der Waals surface area contributed by atoms with Crippen LogP contribution in [0.25, 0.3) is 0 Å². The summed E-state index contributed by atoms with van der Waals surface area (Å²) in [6, 6.07) is -0.995. The van der Waals surface area contributed by atoms with E-state index in [0.29, 0.717) is 0 Å². The van der Waals surface area contributed by atoms with Crippen LogP contribution in [-0.2, 0) is 28.8 Å². The maximum absolute atomic E-state index is 12.6. The van der Waals surface area contributed by atoms with Crippen LogP contribution >= 0.6 is 23.1 Å². The minimum atomic E-state index is -1.57. The molecule has 0 spiro atoms. The van der Waals surface area contributed by atoms with E-state index in [2.05, 4.69) is 20.3 Å². The predicted molar refractivity (Wildman–Crippen MR) is 104 cm³/mol. The van der Waals surface area contributed by atoms with Gasteiger partial charge in [0, 0.05) is 23.6 Å². The highest BCUT2D eigenvalue weighted by Gasteiger charge is 2.53. The summed E-state index contributed by atoms with van der Waals surface area (Å²) in [5.41, 5.74) is 5.46. The normalized spacial score (nSPS) is 20.9. The van der Waals surface area contributed by atoms with Gasteiger partial charge in [-0.2, -0.15) is 0 Å². The lowest BCUT2D eigenvalue weighted by atomic mass is 10.0. The van der Waals surface area contributed by atoms with Gasteiger partial charge in [0.25, 0.3) is 11.8 Å². The number of nitrogens with one attached hydrogen (secondary N) is 1. The Morgan fingerprint density at radius 3 is 2.77 bits per heavy atom. The number of aromatic nitrogens is 1. The quantitative estimate of drug-likeness (QED) is 0.204. The molecule has 0 radical (unpaired) electrons. The summed E-state index contributed by atoms with van der Waals surface area (Å²) in [6.45, 7) is 0.919. The third-order valence-corrected chi connectivity index (χ3v) is 6.15. The second-order valence-corrected chi connectivity index (χ2v) is 8.07. The van der Waals surface area contributed by atoms with Crippen molar-refractivity contribution in [2.24, 2.45) is 5.16 Å². The van der Waals surface area contributed by atoms with Crippen LogP contribution in [0, 0.1) is 0 Å². The topological polar surface area (TPSA) is 176 Å². The van der Waals surface area contributed by atoms with E-state index in [4.69, 9.17) is 10.5 Å². The number of carboxylic acid groups (broad SMARTS) is 1. The molecule has 0 bridgehead atoms. The molecule has 0 saturated carbocycles. The smallest absolute Gasteiger partial charge is 0.302 e. The van der Waals surface area contributed by atoms with Gasteiger partial charge in [0.2, 0.25) is 0 Å². The minimum Gasteiger partial charge on any atom is -0.543 e. The molecule has 0 aliphatic carbocycles. The van der Waals surface area contributed by atoms with Crippen LogP contribution in [0.5, 0.6) is 0 Å². The Kier molecular flexibility index (Phi) is 6.26. The van der Waals surface area contributed by atoms with E-state index in [-0.39, 0.29) is 40.2 Å². The van der Waals surface area contributed by atoms with E-state index >= 15 is 0 Å². The van der Waals surface area contributed by atoms with Gasteiger partial charge in [-0.1, -0.05) is 5.16 Å². The fourth-order valence-electron chi connectivity index (χ4n) is 2.87. The van der Waals surface area contributed by atoms with E-state index in [1.54, 1.807) is 0 Å². The Bertz CT molecular complexity index is 973. The molecule has 160 valence electrons. The summed E-state index contributed by atoms with van der Waals surface area (Å²) in [4.78, 5) is 57.5. The average molecular weight is 454 g/mol. The summed E-state index contributed by atoms with van der Waals surface area (Å²) in [6.07, 6.45) is 0. The van der Waals surface area contributed by atoms with Crippen molar-refractivity contribution < 1.29 is 33.9 Å². The highest BCUT2D eigenvalue weighted by Crippen LogP contribution is 2.40. The van der Waals surface area contributed by atoms with Crippen LogP contribution < -0.4 is 16.2 Å². The molecule has 3 heterocycles. The van der Waals surface area contributed by atoms with Crippen molar-refractivity contribution in [2.45, 2.75) is 18.3 Å². The van der Waals surface area contributed by atoms with Gasteiger partial charge >= 0.3 is 5.97 Å². The zero-order chi connectivity index (χ0) is 22.0. The van der Waals surface area contributed by atoms with E-state index in [1.165, 1.54) is 31.2 Å². The number of ether oxygens (including phenoxy) is 1. The second kappa shape index (κ2) is 8.71. The molecule has 2 aliphatic rings. The standard InChI is InChI=1S/C16H17N5O7S2/c1-6(22)28-3-7-4-29-14-10(13(24)21(14)11(7)15(25)26)19-12(23)9(20-27-2)8-5-30-16(17)18-8/h5,10,14H,3-4H2,1-2H3,(H2,17,18)(H,19,23)(H,25,26)/p-1/t10-,14?/m0/s1. The number of nitrogens with zero attached hydrogens (tertiary/aromatic N) is 3. The number of amides is 2. The van der Waals surface area contributed by atoms with Crippen molar-refractivity contribution >= 4 is 57.7 Å². The van der Waals surface area contributed by atoms with E-state index in [0.717, 1.165) is 16.2 Å². The number of thiazole rings is 1. The van der Waals surface area contributed by atoms with Gasteiger partial charge in [0.05, 0.1) is 11.7 Å². The lowest BCUT2D eigenvalue weighted by molar-refractivity contribution is -0.301. The van der Waals surface area contributed by atoms with E-state index in [1.807, 2.05) is 0 Å². The van der Waals surface area contributed by atoms with Gasteiger partial charge in [0.1, 0.15) is 30.8 Å². The monoisotopic (exact) mass is 454 g/mol. The number of thioether (sulfide) groups is 1. The lowest BCUT2D eigenvalue weighted by Crippen LogP contribution is -2.71. The number of aliphatic carboxylic acids is 1. The molecule has 2 aliphatic heterocycles. The molecule has 1 aromatic heterocycles. The van der Waals surface area contributed by atoms with Gasteiger partial charge in [-0.05, 0) is 0 Å². The molecule has 2 atom stereocenters. The first-order valence-corrected chi connectivity index (χ1v) is 10.3. The van der Waals surface area contributed by atoms with Gasteiger partial charge in [-0.25, -0.2) is 4.98 Å². The number of esters is 1. The Morgan fingerprint density at radius 1 is 1.47 bits per heavy atom. The largest absolute Gasteiger partial charge is 0.543 e. The first-order chi connectivity index (χ1) is 14.2. The third kappa shape index (κ3) is 4.09. The number of fused-ring (bicyclic) bond motifs is 1. The average Bonchev–Trinajstić information content (AvgIpc) is 3.13. The molecule has 12 nitrogen and oxygen atoms in total. The number of rotatable bonds is 7. The van der Waals surface area contributed by atoms with Crippen LogP contribution in [0.3, 0.4) is 0 Å². The number of nitrogens with two attached hydrogens (primary N) is 1. The second-order valence-electron chi connectivity index (χ2n) is 6.07. The molecule has 1 fully saturated rings. The minimum absolute atomic E-state index is 0.177. The van der Waals surface area contributed by atoms with Crippen LogP contribution in [0.15, 0.2) is 21.8 Å². The third-order valence-electron chi connectivity index (χ3n) is 4.14. The molecule has 3 rings (SSSR count). The first kappa shape index (κ1) is 21.6. The predicted octanol–water partition coefficient (Wildman–Crippen LogP) is -1.96. The molecule has 30 heavy (non-hydrogen) atoms. The number of hydrogen-bond acceptors (Lipinski definition) is 12. The van der Waals surface area contributed by atoms with E-state index in [9.17, 15) is 24.3 Å². The number of oxime groups is 1. The Balaban J connectivity index is 1.77. The molecule has 2 amide bonds. The molecular formula is C16H16N5O7S2-. The number of carbonyl (C=O) groups is 4. The molecular weight excluding hydrogens is 438 g/mol. The van der Waals surface area contributed by atoms with Gasteiger partial charge in [0.15, 0.2) is 10.8 Å². The van der Waals surface area contributed by atoms with E-state index < -0.39 is 35.2 Å². The summed E-state index contributed by atoms with van der Waals surface area (Å²) in [5.74, 6) is -3.35. The summed E-state index contributed by atoms with van der Waals surface area (Å²) < 4.78 is 4.85. The number of anilines is 1. The number of β-lactam (4-membered cyclic amide) rings is 1. The number of hydrogen-bond donors (Lipinski definition) is 2. The molecule has 14 heteroatoms. The zero-order valence-electron chi connectivity index (χ0n) is 15.7. The fourth-order valence-corrected chi connectivity index (χ4v) is 4.75. The number of carboxylic acids is 1. The number of carbonyl (C=O) groups excluding carboxylic acids is 4. The molecule has 1 saturated heterocycles. The molecule has 0 aromatic carbocycles. The van der Waals surface area contributed by atoms with Crippen LogP contribution in [0.4, 0.5) is 5.13 Å². The summed E-state index contributed by atoms with van der Waals surface area (Å²) in [5, 5.41) is 18.8. The van der Waals surface area contributed by atoms with Gasteiger partial charge < -0.3 is 30.5 Å². The molecule has 3 N–H and O–H groups in total. The summed E-state index contributed by atoms with van der Waals surface area (Å²) >= 11 is 2.32. The maximum Gasteiger partial charge on any atom is 0.302 e. The Morgan fingerprint density at radius 2 is 2.20 bits per heavy atom. The maximum atomic E-state index is 12.6. The fraction of sp³-hybridized carbons (Fsp3) is 0.375. The van der Waals surface area contributed by atoms with Gasteiger partial charge in [-0.3, -0.25) is 19.3 Å². The van der Waals surface area contributed by atoms with Crippen molar-refractivity contribution in [1.29, 1.82) is 0 Å². The zero-order valence-corrected chi connectivity index (χ0v) is 17.4. The Labute approximate surface area is 178 Å².